The molecule has 0 bridgehead atoms. The van der Waals surface area contributed by atoms with Crippen LogP contribution in [0.5, 0.6) is 5.75 Å². The smallest absolute Gasteiger partial charge is 0.123 e. The van der Waals surface area contributed by atoms with Gasteiger partial charge in [0.15, 0.2) is 0 Å². The Morgan fingerprint density at radius 1 is 1.10 bits per heavy atom. The number of nitrogens with one attached hydrogen (secondary N) is 1. The van der Waals surface area contributed by atoms with E-state index in [1.54, 1.807) is 0 Å². The first kappa shape index (κ1) is 18.0. The Labute approximate surface area is 131 Å². The predicted octanol–water partition coefficient (Wildman–Crippen LogP) is 4.70. The summed E-state index contributed by atoms with van der Waals surface area (Å²) in [5, 5.41) is 3.49. The van der Waals surface area contributed by atoms with E-state index in [1.165, 1.54) is 17.5 Å². The molecule has 0 fully saturated rings. The fraction of sp³-hybridized carbons (Fsp3) is 0.684. The van der Waals surface area contributed by atoms with Crippen molar-refractivity contribution >= 4 is 0 Å². The van der Waals surface area contributed by atoms with Crippen LogP contribution in [0.1, 0.15) is 59.1 Å². The van der Waals surface area contributed by atoms with E-state index in [9.17, 15) is 0 Å². The summed E-state index contributed by atoms with van der Waals surface area (Å²) >= 11 is 0. The lowest BCUT2D eigenvalue weighted by molar-refractivity contribution is 0.174. The Kier molecular flexibility index (Phi) is 6.27. The third kappa shape index (κ3) is 6.09. The molecule has 120 valence electrons. The van der Waals surface area contributed by atoms with Crippen LogP contribution < -0.4 is 10.1 Å². The van der Waals surface area contributed by atoms with Gasteiger partial charge < -0.3 is 10.1 Å². The normalized spacial score (nSPS) is 12.5. The molecule has 1 rings (SSSR count). The van der Waals surface area contributed by atoms with Gasteiger partial charge in [0.2, 0.25) is 0 Å². The Hall–Kier alpha value is -1.02. The van der Waals surface area contributed by atoms with Crippen molar-refractivity contribution in [1.82, 2.24) is 5.32 Å². The SMILES string of the molecule is CCCNCC(C)(C)COc1ccc(C)cc1C(C)(C)C. The van der Waals surface area contributed by atoms with Crippen molar-refractivity contribution in [1.29, 1.82) is 0 Å². The molecule has 0 atom stereocenters. The molecule has 1 N–H and O–H groups in total. The molecule has 0 saturated carbocycles. The maximum atomic E-state index is 6.17. The average molecular weight is 291 g/mol. The quantitative estimate of drug-likeness (QED) is 0.735. The summed E-state index contributed by atoms with van der Waals surface area (Å²) in [6.07, 6.45) is 1.17. The molecule has 0 aliphatic carbocycles. The van der Waals surface area contributed by atoms with Crippen molar-refractivity contribution in [3.63, 3.8) is 0 Å². The van der Waals surface area contributed by atoms with Crippen molar-refractivity contribution in [2.24, 2.45) is 5.41 Å². The van der Waals surface area contributed by atoms with E-state index >= 15 is 0 Å². The standard InChI is InChI=1S/C19H33NO/c1-8-11-20-13-19(6,7)14-21-17-10-9-15(2)12-16(17)18(3,4)5/h9-10,12,20H,8,11,13-14H2,1-7H3. The molecule has 0 aromatic heterocycles. The highest BCUT2D eigenvalue weighted by Crippen LogP contribution is 2.33. The molecular formula is C19H33NO. The maximum absolute atomic E-state index is 6.17. The fourth-order valence-corrected chi connectivity index (χ4v) is 2.28. The minimum Gasteiger partial charge on any atom is -0.493 e. The topological polar surface area (TPSA) is 21.3 Å². The average Bonchev–Trinajstić information content (AvgIpc) is 2.36. The molecule has 0 saturated heterocycles. The summed E-state index contributed by atoms with van der Waals surface area (Å²) in [5.74, 6) is 1.02. The zero-order chi connectivity index (χ0) is 16.1. The number of ether oxygens (including phenoxy) is 1. The van der Waals surface area contributed by atoms with Crippen molar-refractivity contribution in [2.75, 3.05) is 19.7 Å². The summed E-state index contributed by atoms with van der Waals surface area (Å²) in [4.78, 5) is 0. The second kappa shape index (κ2) is 7.31. The number of hydrogen-bond donors (Lipinski definition) is 1. The molecule has 0 unspecified atom stereocenters. The van der Waals surface area contributed by atoms with Crippen LogP contribution in [-0.4, -0.2) is 19.7 Å². The zero-order valence-corrected chi connectivity index (χ0v) is 15.0. The highest BCUT2D eigenvalue weighted by molar-refractivity contribution is 5.41. The van der Waals surface area contributed by atoms with E-state index in [4.69, 9.17) is 4.74 Å². The number of aryl methyl sites for hydroxylation is 1. The number of hydrogen-bond acceptors (Lipinski definition) is 2. The fourth-order valence-electron chi connectivity index (χ4n) is 2.28. The summed E-state index contributed by atoms with van der Waals surface area (Å²) in [5.41, 5.74) is 2.82. The Bertz CT molecular complexity index is 443. The van der Waals surface area contributed by atoms with Crippen LogP contribution in [0.2, 0.25) is 0 Å². The lowest BCUT2D eigenvalue weighted by Crippen LogP contribution is -2.34. The monoisotopic (exact) mass is 291 g/mol. The first-order chi connectivity index (χ1) is 9.65. The van der Waals surface area contributed by atoms with E-state index < -0.39 is 0 Å². The lowest BCUT2D eigenvalue weighted by atomic mass is 9.85. The van der Waals surface area contributed by atoms with Crippen LogP contribution in [0.4, 0.5) is 0 Å². The van der Waals surface area contributed by atoms with Gasteiger partial charge in [0, 0.05) is 12.0 Å². The van der Waals surface area contributed by atoms with Crippen LogP contribution in [-0.2, 0) is 5.41 Å². The molecule has 0 aliphatic heterocycles. The molecule has 2 nitrogen and oxygen atoms in total. The second-order valence-electron chi connectivity index (χ2n) is 7.88. The highest BCUT2D eigenvalue weighted by Gasteiger charge is 2.22. The largest absolute Gasteiger partial charge is 0.493 e. The van der Waals surface area contributed by atoms with Crippen LogP contribution >= 0.6 is 0 Å². The lowest BCUT2D eigenvalue weighted by Gasteiger charge is -2.28. The summed E-state index contributed by atoms with van der Waals surface area (Å²) < 4.78 is 6.17. The van der Waals surface area contributed by atoms with Crippen molar-refractivity contribution in [3.05, 3.63) is 29.3 Å². The predicted molar refractivity (Wildman–Crippen MR) is 92.3 cm³/mol. The van der Waals surface area contributed by atoms with Crippen LogP contribution in [0.3, 0.4) is 0 Å². The van der Waals surface area contributed by atoms with Crippen molar-refractivity contribution in [2.45, 2.75) is 60.3 Å². The summed E-state index contributed by atoms with van der Waals surface area (Å²) in [6, 6.07) is 6.50. The van der Waals surface area contributed by atoms with E-state index in [1.807, 2.05) is 0 Å². The Morgan fingerprint density at radius 2 is 1.76 bits per heavy atom. The summed E-state index contributed by atoms with van der Waals surface area (Å²) in [7, 11) is 0. The van der Waals surface area contributed by atoms with E-state index in [0.717, 1.165) is 25.4 Å². The summed E-state index contributed by atoms with van der Waals surface area (Å²) in [6.45, 7) is 18.3. The van der Waals surface area contributed by atoms with Crippen molar-refractivity contribution < 1.29 is 4.74 Å². The minimum atomic E-state index is 0.103. The number of benzene rings is 1. The van der Waals surface area contributed by atoms with Gasteiger partial charge in [0.05, 0.1) is 6.61 Å². The third-order valence-corrected chi connectivity index (χ3v) is 3.59. The molecule has 0 spiro atoms. The minimum absolute atomic E-state index is 0.103. The van der Waals surface area contributed by atoms with Gasteiger partial charge in [0.1, 0.15) is 5.75 Å². The first-order valence-corrected chi connectivity index (χ1v) is 8.10. The molecular weight excluding hydrogens is 258 g/mol. The Morgan fingerprint density at radius 3 is 2.33 bits per heavy atom. The van der Waals surface area contributed by atoms with Gasteiger partial charge >= 0.3 is 0 Å². The Balaban J connectivity index is 2.75. The van der Waals surface area contributed by atoms with E-state index in [-0.39, 0.29) is 10.8 Å². The van der Waals surface area contributed by atoms with Gasteiger partial charge in [-0.2, -0.15) is 0 Å². The highest BCUT2D eigenvalue weighted by atomic mass is 16.5. The van der Waals surface area contributed by atoms with E-state index in [0.29, 0.717) is 0 Å². The van der Waals surface area contributed by atoms with Gasteiger partial charge in [-0.05, 0) is 36.9 Å². The van der Waals surface area contributed by atoms with Gasteiger partial charge in [0.25, 0.3) is 0 Å². The molecule has 0 heterocycles. The second-order valence-corrected chi connectivity index (χ2v) is 7.88. The molecule has 21 heavy (non-hydrogen) atoms. The molecule has 0 amide bonds. The van der Waals surface area contributed by atoms with Crippen LogP contribution in [0.25, 0.3) is 0 Å². The number of rotatable bonds is 7. The van der Waals surface area contributed by atoms with Crippen molar-refractivity contribution in [3.8, 4) is 5.75 Å². The maximum Gasteiger partial charge on any atom is 0.123 e. The van der Waals surface area contributed by atoms with Gasteiger partial charge in [-0.1, -0.05) is 59.2 Å². The molecule has 1 aromatic carbocycles. The third-order valence-electron chi connectivity index (χ3n) is 3.59. The molecule has 0 aliphatic rings. The van der Waals surface area contributed by atoms with Gasteiger partial charge in [-0.25, -0.2) is 0 Å². The van der Waals surface area contributed by atoms with Crippen LogP contribution in [0, 0.1) is 12.3 Å². The molecule has 1 aromatic rings. The molecule has 2 heteroatoms. The van der Waals surface area contributed by atoms with Crippen LogP contribution in [0.15, 0.2) is 18.2 Å². The van der Waals surface area contributed by atoms with E-state index in [2.05, 4.69) is 72.0 Å². The zero-order valence-electron chi connectivity index (χ0n) is 15.0. The first-order valence-electron chi connectivity index (χ1n) is 8.10. The van der Waals surface area contributed by atoms with Gasteiger partial charge in [-0.3, -0.25) is 0 Å². The van der Waals surface area contributed by atoms with Gasteiger partial charge in [-0.15, -0.1) is 0 Å². The molecule has 0 radical (unpaired) electrons.